The molecule has 0 fully saturated rings. The Labute approximate surface area is 280 Å². The molecule has 1 aliphatic carbocycles. The minimum absolute atomic E-state index is 0.167. The van der Waals surface area contributed by atoms with Gasteiger partial charge >= 0.3 is 11.9 Å². The molecule has 3 aromatic carbocycles. The number of ether oxygens (including phenoxy) is 2. The van der Waals surface area contributed by atoms with Gasteiger partial charge in [0.25, 0.3) is 5.91 Å². The van der Waals surface area contributed by atoms with E-state index in [-0.39, 0.29) is 22.8 Å². The average molecular weight is 669 g/mol. The van der Waals surface area contributed by atoms with Crippen LogP contribution < -0.4 is 5.32 Å². The Morgan fingerprint density at radius 2 is 1.70 bits per heavy atom. The number of anilines is 1. The lowest BCUT2D eigenvalue weighted by atomic mass is 10.0. The lowest BCUT2D eigenvalue weighted by Gasteiger charge is -2.13. The number of carbonyl (C=O) groups is 3. The van der Waals surface area contributed by atoms with Gasteiger partial charge in [-0.3, -0.25) is 4.79 Å². The van der Waals surface area contributed by atoms with E-state index in [0.29, 0.717) is 51.1 Å². The van der Waals surface area contributed by atoms with Crippen LogP contribution in [0.2, 0.25) is 5.02 Å². The summed E-state index contributed by atoms with van der Waals surface area (Å²) in [7, 11) is 0. The van der Waals surface area contributed by atoms with Gasteiger partial charge in [-0.15, -0.1) is 11.3 Å². The van der Waals surface area contributed by atoms with E-state index < -0.39 is 30.3 Å². The monoisotopic (exact) mass is 668 g/mol. The summed E-state index contributed by atoms with van der Waals surface area (Å²) in [5.41, 5.74) is 5.93. The van der Waals surface area contributed by atoms with E-state index in [1.54, 1.807) is 43.3 Å². The van der Waals surface area contributed by atoms with Gasteiger partial charge in [-0.1, -0.05) is 65.7 Å². The third-order valence-electron chi connectivity index (χ3n) is 7.96. The summed E-state index contributed by atoms with van der Waals surface area (Å²) in [6, 6.07) is 19.4. The molecule has 47 heavy (non-hydrogen) atoms. The number of allylic oxidation sites excluding steroid dienone is 1. The van der Waals surface area contributed by atoms with Gasteiger partial charge in [0.05, 0.1) is 28.4 Å². The number of fused-ring (bicyclic) bond motifs is 2. The fourth-order valence-electron chi connectivity index (χ4n) is 5.80. The van der Waals surface area contributed by atoms with E-state index in [1.807, 2.05) is 44.2 Å². The number of hydrogen-bond acceptors (Lipinski definition) is 7. The Hall–Kier alpha value is -4.86. The maximum Gasteiger partial charge on any atom is 0.341 e. The van der Waals surface area contributed by atoms with Gasteiger partial charge in [-0.05, 0) is 74.6 Å². The van der Waals surface area contributed by atoms with Crippen LogP contribution in [-0.2, 0) is 20.7 Å². The number of nitrogens with one attached hydrogen (secondary N) is 1. The highest BCUT2D eigenvalue weighted by molar-refractivity contribution is 7.17. The maximum absolute atomic E-state index is 14.6. The quantitative estimate of drug-likeness (QED) is 0.166. The number of esters is 2. The molecular weight excluding hydrogens is 639 g/mol. The number of carbonyl (C=O) groups excluding carboxylic acids is 3. The Bertz CT molecular complexity index is 2070. The van der Waals surface area contributed by atoms with Crippen molar-refractivity contribution in [1.82, 2.24) is 4.98 Å². The molecular formula is C37H30ClFN2O5S. The standard InChI is InChI=1S/C37H30ClFN2O5S/c1-4-45-37(44)33-31(22-14-12-20(2)13-15-22)21(3)47-35(33)41-30(42)19-46-36(43)32-24-8-5-6-11-29(24)40-34-23(16-17-25(32)34)18-26-27(38)9-7-10-28(26)39/h5-15,18H,4,16-17,19H2,1-3H3,(H,41,42)/b23-18+. The second-order valence-corrected chi connectivity index (χ2v) is 12.7. The van der Waals surface area contributed by atoms with Crippen LogP contribution in [0.5, 0.6) is 0 Å². The highest BCUT2D eigenvalue weighted by atomic mass is 35.5. The zero-order valence-corrected chi connectivity index (χ0v) is 27.5. The predicted octanol–water partition coefficient (Wildman–Crippen LogP) is 8.83. The SMILES string of the molecule is CCOC(=O)c1c(NC(=O)COC(=O)c2c3c(nc4ccccc24)/C(=C/c2c(F)cccc2Cl)CC3)sc(C)c1-c1ccc(C)cc1. The minimum atomic E-state index is -0.687. The van der Waals surface area contributed by atoms with Crippen molar-refractivity contribution >= 4 is 68.3 Å². The Morgan fingerprint density at radius 3 is 2.45 bits per heavy atom. The number of thiophene rings is 1. The number of nitrogens with zero attached hydrogens (tertiary/aromatic N) is 1. The predicted molar refractivity (Wildman–Crippen MR) is 183 cm³/mol. The summed E-state index contributed by atoms with van der Waals surface area (Å²) in [6.45, 7) is 5.14. The number of rotatable bonds is 8. The first-order valence-corrected chi connectivity index (χ1v) is 16.3. The van der Waals surface area contributed by atoms with Crippen molar-refractivity contribution in [3.63, 3.8) is 0 Å². The van der Waals surface area contributed by atoms with Crippen molar-refractivity contribution in [2.24, 2.45) is 0 Å². The average Bonchev–Trinajstić information content (AvgIpc) is 3.60. The molecule has 7 nitrogen and oxygen atoms in total. The Balaban J connectivity index is 1.28. The number of para-hydroxylation sites is 1. The van der Waals surface area contributed by atoms with Crippen LogP contribution in [-0.4, -0.2) is 36.0 Å². The van der Waals surface area contributed by atoms with Gasteiger partial charge in [0, 0.05) is 21.4 Å². The summed E-state index contributed by atoms with van der Waals surface area (Å²) in [5.74, 6) is -2.30. The molecule has 5 aromatic rings. The van der Waals surface area contributed by atoms with Crippen molar-refractivity contribution in [2.75, 3.05) is 18.5 Å². The van der Waals surface area contributed by atoms with Crippen LogP contribution in [0.1, 0.15) is 61.3 Å². The summed E-state index contributed by atoms with van der Waals surface area (Å²) >= 11 is 7.54. The molecule has 1 amide bonds. The largest absolute Gasteiger partial charge is 0.462 e. The first-order valence-electron chi connectivity index (χ1n) is 15.1. The number of halogens is 2. The normalized spacial score (nSPS) is 13.1. The summed E-state index contributed by atoms with van der Waals surface area (Å²) in [6.07, 6.45) is 2.66. The Morgan fingerprint density at radius 1 is 0.957 bits per heavy atom. The fourth-order valence-corrected chi connectivity index (χ4v) is 7.10. The molecule has 238 valence electrons. The van der Waals surface area contributed by atoms with E-state index in [0.717, 1.165) is 21.6 Å². The van der Waals surface area contributed by atoms with Crippen molar-refractivity contribution in [1.29, 1.82) is 0 Å². The molecule has 0 saturated heterocycles. The molecule has 2 aromatic heterocycles. The van der Waals surface area contributed by atoms with Crippen molar-refractivity contribution in [3.8, 4) is 11.1 Å². The van der Waals surface area contributed by atoms with Gasteiger partial charge < -0.3 is 14.8 Å². The third-order valence-corrected chi connectivity index (χ3v) is 9.31. The number of benzene rings is 3. The molecule has 0 radical (unpaired) electrons. The van der Waals surface area contributed by atoms with E-state index in [2.05, 4.69) is 5.32 Å². The van der Waals surface area contributed by atoms with E-state index in [1.165, 1.54) is 17.4 Å². The fraction of sp³-hybridized carbons (Fsp3) is 0.189. The molecule has 0 atom stereocenters. The number of pyridine rings is 1. The zero-order chi connectivity index (χ0) is 33.2. The molecule has 0 spiro atoms. The van der Waals surface area contributed by atoms with Crippen molar-refractivity contribution in [3.05, 3.63) is 116 Å². The zero-order valence-electron chi connectivity index (χ0n) is 25.9. The van der Waals surface area contributed by atoms with Crippen molar-refractivity contribution in [2.45, 2.75) is 33.6 Å². The summed E-state index contributed by atoms with van der Waals surface area (Å²) in [4.78, 5) is 45.6. The molecule has 6 rings (SSSR count). The highest BCUT2D eigenvalue weighted by Gasteiger charge is 2.29. The van der Waals surface area contributed by atoms with Crippen LogP contribution in [0.3, 0.4) is 0 Å². The van der Waals surface area contributed by atoms with Gasteiger partial charge in [0.15, 0.2) is 6.61 Å². The second-order valence-electron chi connectivity index (χ2n) is 11.1. The first kappa shape index (κ1) is 32.1. The van der Waals surface area contributed by atoms with Gasteiger partial charge in [0.1, 0.15) is 16.4 Å². The van der Waals surface area contributed by atoms with Gasteiger partial charge in [0.2, 0.25) is 0 Å². The maximum atomic E-state index is 14.6. The Kier molecular flexibility index (Phi) is 9.20. The lowest BCUT2D eigenvalue weighted by molar-refractivity contribution is -0.119. The van der Waals surface area contributed by atoms with E-state index in [9.17, 15) is 18.8 Å². The lowest BCUT2D eigenvalue weighted by Crippen LogP contribution is -2.22. The molecule has 1 aliphatic rings. The van der Waals surface area contributed by atoms with Crippen LogP contribution in [0.15, 0.2) is 66.7 Å². The third kappa shape index (κ3) is 6.41. The first-order chi connectivity index (χ1) is 22.7. The van der Waals surface area contributed by atoms with E-state index >= 15 is 0 Å². The van der Waals surface area contributed by atoms with Crippen molar-refractivity contribution < 1.29 is 28.2 Å². The second kappa shape index (κ2) is 13.5. The van der Waals surface area contributed by atoms with Crippen LogP contribution in [0, 0.1) is 19.7 Å². The summed E-state index contributed by atoms with van der Waals surface area (Å²) in [5, 5.41) is 3.94. The molecule has 0 bridgehead atoms. The minimum Gasteiger partial charge on any atom is -0.462 e. The molecule has 10 heteroatoms. The van der Waals surface area contributed by atoms with E-state index in [4.69, 9.17) is 26.1 Å². The summed E-state index contributed by atoms with van der Waals surface area (Å²) < 4.78 is 25.5. The number of hydrogen-bond donors (Lipinski definition) is 1. The molecule has 0 unspecified atom stereocenters. The smallest absolute Gasteiger partial charge is 0.341 e. The van der Waals surface area contributed by atoms with Crippen LogP contribution >= 0.6 is 22.9 Å². The molecule has 1 N–H and O–H groups in total. The molecule has 0 aliphatic heterocycles. The van der Waals surface area contributed by atoms with Gasteiger partial charge in [-0.25, -0.2) is 19.0 Å². The number of aromatic nitrogens is 1. The molecule has 2 heterocycles. The highest BCUT2D eigenvalue weighted by Crippen LogP contribution is 2.41. The van der Waals surface area contributed by atoms with Crippen LogP contribution in [0.4, 0.5) is 9.39 Å². The number of aryl methyl sites for hydroxylation is 2. The van der Waals surface area contributed by atoms with Gasteiger partial charge in [-0.2, -0.15) is 0 Å². The number of amides is 1. The van der Waals surface area contributed by atoms with Crippen LogP contribution in [0.25, 0.3) is 33.7 Å². The molecule has 0 saturated carbocycles. The topological polar surface area (TPSA) is 94.6 Å².